The van der Waals surface area contributed by atoms with Gasteiger partial charge >= 0.3 is 0 Å². The van der Waals surface area contributed by atoms with Crippen molar-refractivity contribution < 1.29 is 9.53 Å². The molecule has 2 N–H and O–H groups in total. The Morgan fingerprint density at radius 1 is 1.13 bits per heavy atom. The normalized spacial score (nSPS) is 13.6. The number of carbonyl (C=O) groups is 1. The first-order chi connectivity index (χ1) is 14.7. The molecule has 7 heteroatoms. The number of fused-ring (bicyclic) bond motifs is 3. The molecule has 1 aliphatic rings. The van der Waals surface area contributed by atoms with Gasteiger partial charge < -0.3 is 14.6 Å². The maximum atomic E-state index is 12.9. The average molecular weight is 401 g/mol. The van der Waals surface area contributed by atoms with Crippen molar-refractivity contribution in [3.8, 4) is 17.0 Å². The third kappa shape index (κ3) is 3.32. The molecule has 0 fully saturated rings. The fraction of sp³-hybridized carbons (Fsp3) is 0.261. The summed E-state index contributed by atoms with van der Waals surface area (Å²) in [5.74, 6) is 1.69. The highest BCUT2D eigenvalue weighted by molar-refractivity contribution is 6.08. The molecule has 0 saturated heterocycles. The van der Waals surface area contributed by atoms with Gasteiger partial charge in [0.1, 0.15) is 11.6 Å². The van der Waals surface area contributed by atoms with Gasteiger partial charge in [0.25, 0.3) is 5.91 Å². The standard InChI is InChI=1S/C23H23N5O2/c1-30-17-9-6-15(7-10-17)22-18(14-24-27-22)23(29)25-16-8-11-20-19(13-16)26-21-5-3-2-4-12-28(20)21/h6-11,13-14H,2-5,12H2,1H3,(H,24,27)(H,25,29). The van der Waals surface area contributed by atoms with Crippen molar-refractivity contribution in [2.45, 2.75) is 32.2 Å². The second-order valence-electron chi connectivity index (χ2n) is 7.54. The van der Waals surface area contributed by atoms with Gasteiger partial charge in [-0.3, -0.25) is 9.89 Å². The summed E-state index contributed by atoms with van der Waals surface area (Å²) in [4.78, 5) is 17.8. The van der Waals surface area contributed by atoms with Crippen LogP contribution in [0.25, 0.3) is 22.3 Å². The van der Waals surface area contributed by atoms with E-state index in [0.717, 1.165) is 46.8 Å². The number of aromatic amines is 1. The van der Waals surface area contributed by atoms with Crippen LogP contribution in [-0.4, -0.2) is 32.8 Å². The van der Waals surface area contributed by atoms with Gasteiger partial charge in [-0.2, -0.15) is 5.10 Å². The number of aryl methyl sites for hydroxylation is 2. The van der Waals surface area contributed by atoms with Crippen molar-refractivity contribution in [1.82, 2.24) is 19.7 Å². The summed E-state index contributed by atoms with van der Waals surface area (Å²) in [7, 11) is 1.62. The maximum absolute atomic E-state index is 12.9. The van der Waals surface area contributed by atoms with E-state index in [1.807, 2.05) is 42.5 Å². The number of rotatable bonds is 4. The number of nitrogens with zero attached hydrogens (tertiary/aromatic N) is 3. The van der Waals surface area contributed by atoms with Crippen molar-refractivity contribution in [3.63, 3.8) is 0 Å². The van der Waals surface area contributed by atoms with Gasteiger partial charge in [-0.1, -0.05) is 6.42 Å². The number of aromatic nitrogens is 4. The summed E-state index contributed by atoms with van der Waals surface area (Å²) in [5.41, 5.74) is 4.81. The summed E-state index contributed by atoms with van der Waals surface area (Å²) in [6.07, 6.45) is 6.18. The number of carbonyl (C=O) groups excluding carboxylic acids is 1. The molecular weight excluding hydrogens is 378 g/mol. The second-order valence-corrected chi connectivity index (χ2v) is 7.54. The highest BCUT2D eigenvalue weighted by atomic mass is 16.5. The monoisotopic (exact) mass is 401 g/mol. The lowest BCUT2D eigenvalue weighted by atomic mass is 10.1. The van der Waals surface area contributed by atoms with Crippen LogP contribution < -0.4 is 10.1 Å². The van der Waals surface area contributed by atoms with Crippen LogP contribution in [-0.2, 0) is 13.0 Å². The van der Waals surface area contributed by atoms with E-state index in [9.17, 15) is 4.79 Å². The molecule has 0 radical (unpaired) electrons. The van der Waals surface area contributed by atoms with E-state index in [2.05, 4.69) is 20.1 Å². The first kappa shape index (κ1) is 18.4. The summed E-state index contributed by atoms with van der Waals surface area (Å²) >= 11 is 0. The van der Waals surface area contributed by atoms with Crippen LogP contribution >= 0.6 is 0 Å². The van der Waals surface area contributed by atoms with Gasteiger partial charge in [0.2, 0.25) is 0 Å². The molecule has 4 aromatic rings. The van der Waals surface area contributed by atoms with Crippen molar-refractivity contribution in [3.05, 3.63) is 60.0 Å². The summed E-state index contributed by atoms with van der Waals surface area (Å²) in [5, 5.41) is 9.99. The number of hydrogen-bond donors (Lipinski definition) is 2. The molecule has 7 nitrogen and oxygen atoms in total. The third-order valence-corrected chi connectivity index (χ3v) is 5.63. The molecule has 30 heavy (non-hydrogen) atoms. The Morgan fingerprint density at radius 2 is 2.00 bits per heavy atom. The lowest BCUT2D eigenvalue weighted by Crippen LogP contribution is -2.12. The Balaban J connectivity index is 1.40. The van der Waals surface area contributed by atoms with Crippen molar-refractivity contribution in [2.24, 2.45) is 0 Å². The highest BCUT2D eigenvalue weighted by Gasteiger charge is 2.17. The largest absolute Gasteiger partial charge is 0.497 e. The summed E-state index contributed by atoms with van der Waals surface area (Å²) in [6, 6.07) is 13.4. The number of methoxy groups -OCH3 is 1. The van der Waals surface area contributed by atoms with E-state index < -0.39 is 0 Å². The molecule has 152 valence electrons. The van der Waals surface area contributed by atoms with Gasteiger partial charge in [0.15, 0.2) is 0 Å². The molecule has 0 aliphatic carbocycles. The zero-order chi connectivity index (χ0) is 20.5. The molecule has 0 bridgehead atoms. The van der Waals surface area contributed by atoms with Gasteiger partial charge in [-0.05, 0) is 55.3 Å². The van der Waals surface area contributed by atoms with Crippen molar-refractivity contribution in [2.75, 3.05) is 12.4 Å². The number of benzene rings is 2. The van der Waals surface area contributed by atoms with E-state index in [-0.39, 0.29) is 5.91 Å². The van der Waals surface area contributed by atoms with Crippen LogP contribution in [0.15, 0.2) is 48.7 Å². The molecule has 0 spiro atoms. The molecule has 5 rings (SSSR count). The summed E-state index contributed by atoms with van der Waals surface area (Å²) in [6.45, 7) is 1.01. The molecule has 1 aliphatic heterocycles. The first-order valence-electron chi connectivity index (χ1n) is 10.2. The van der Waals surface area contributed by atoms with Crippen LogP contribution in [0, 0.1) is 0 Å². The fourth-order valence-electron chi connectivity index (χ4n) is 4.06. The molecule has 3 heterocycles. The topological polar surface area (TPSA) is 84.8 Å². The van der Waals surface area contributed by atoms with Crippen LogP contribution in [0.4, 0.5) is 5.69 Å². The van der Waals surface area contributed by atoms with Gasteiger partial charge in [-0.25, -0.2) is 4.98 Å². The smallest absolute Gasteiger partial charge is 0.259 e. The number of nitrogens with one attached hydrogen (secondary N) is 2. The van der Waals surface area contributed by atoms with E-state index in [1.54, 1.807) is 13.3 Å². The van der Waals surface area contributed by atoms with E-state index in [1.165, 1.54) is 19.3 Å². The Morgan fingerprint density at radius 3 is 2.83 bits per heavy atom. The molecule has 2 aromatic carbocycles. The minimum atomic E-state index is -0.213. The first-order valence-corrected chi connectivity index (χ1v) is 10.2. The lowest BCUT2D eigenvalue weighted by molar-refractivity contribution is 0.102. The zero-order valence-corrected chi connectivity index (χ0v) is 16.8. The Labute approximate surface area is 174 Å². The third-order valence-electron chi connectivity index (χ3n) is 5.63. The molecule has 1 amide bonds. The maximum Gasteiger partial charge on any atom is 0.259 e. The quantitative estimate of drug-likeness (QED) is 0.530. The van der Waals surface area contributed by atoms with Crippen LogP contribution in [0.2, 0.25) is 0 Å². The minimum Gasteiger partial charge on any atom is -0.497 e. The number of imidazole rings is 1. The number of amides is 1. The molecule has 2 aromatic heterocycles. The second kappa shape index (κ2) is 7.67. The number of anilines is 1. The van der Waals surface area contributed by atoms with E-state index in [0.29, 0.717) is 11.3 Å². The molecule has 0 atom stereocenters. The van der Waals surface area contributed by atoms with Crippen LogP contribution in [0.3, 0.4) is 0 Å². The van der Waals surface area contributed by atoms with E-state index >= 15 is 0 Å². The molecule has 0 saturated carbocycles. The molecule has 0 unspecified atom stereocenters. The van der Waals surface area contributed by atoms with Crippen LogP contribution in [0.5, 0.6) is 5.75 Å². The predicted octanol–water partition coefficient (Wildman–Crippen LogP) is 4.41. The average Bonchev–Trinajstić information content (AvgIpc) is 3.32. The SMILES string of the molecule is COc1ccc(-c2[nH]ncc2C(=O)Nc2ccc3c(c2)nc2n3CCCCC2)cc1. The van der Waals surface area contributed by atoms with Crippen molar-refractivity contribution in [1.29, 1.82) is 0 Å². The zero-order valence-electron chi connectivity index (χ0n) is 16.8. The minimum absolute atomic E-state index is 0.213. The van der Waals surface area contributed by atoms with Crippen LogP contribution in [0.1, 0.15) is 35.4 Å². The van der Waals surface area contributed by atoms with Crippen molar-refractivity contribution >= 4 is 22.6 Å². The number of hydrogen-bond acceptors (Lipinski definition) is 4. The predicted molar refractivity (Wildman–Crippen MR) is 116 cm³/mol. The number of ether oxygens (including phenoxy) is 1. The highest BCUT2D eigenvalue weighted by Crippen LogP contribution is 2.27. The lowest BCUT2D eigenvalue weighted by Gasteiger charge is -2.08. The van der Waals surface area contributed by atoms with Gasteiger partial charge in [0, 0.05) is 24.2 Å². The van der Waals surface area contributed by atoms with E-state index in [4.69, 9.17) is 9.72 Å². The fourth-order valence-corrected chi connectivity index (χ4v) is 4.06. The summed E-state index contributed by atoms with van der Waals surface area (Å²) < 4.78 is 7.51. The Hall–Kier alpha value is -3.61. The number of H-pyrrole nitrogens is 1. The van der Waals surface area contributed by atoms with Gasteiger partial charge in [-0.15, -0.1) is 0 Å². The van der Waals surface area contributed by atoms with Gasteiger partial charge in [0.05, 0.1) is 35.6 Å². The Kier molecular flexibility index (Phi) is 4.71. The molecular formula is C23H23N5O2. The Bertz CT molecular complexity index is 1210.